The predicted octanol–water partition coefficient (Wildman–Crippen LogP) is 3.66. The summed E-state index contributed by atoms with van der Waals surface area (Å²) in [5.41, 5.74) is -0.239. The van der Waals surface area contributed by atoms with Crippen LogP contribution in [0.5, 0.6) is 0 Å². The highest BCUT2D eigenvalue weighted by molar-refractivity contribution is 7.16. The van der Waals surface area contributed by atoms with Gasteiger partial charge in [-0.25, -0.2) is 4.79 Å². The number of nitrogens with zero attached hydrogens (tertiary/aromatic N) is 1. The fourth-order valence-electron chi connectivity index (χ4n) is 1.79. The van der Waals surface area contributed by atoms with Crippen LogP contribution in [0.1, 0.15) is 15.2 Å². The Morgan fingerprint density at radius 2 is 2.14 bits per heavy atom. The van der Waals surface area contributed by atoms with E-state index in [0.29, 0.717) is 16.6 Å². The third-order valence-electron chi connectivity index (χ3n) is 2.75. The van der Waals surface area contributed by atoms with Gasteiger partial charge in [0, 0.05) is 23.2 Å². The normalized spacial score (nSPS) is 10.3. The van der Waals surface area contributed by atoms with Crippen molar-refractivity contribution in [3.8, 4) is 0 Å². The summed E-state index contributed by atoms with van der Waals surface area (Å²) in [7, 11) is 0. The Bertz CT molecular complexity index is 687. The van der Waals surface area contributed by atoms with Gasteiger partial charge in [0.15, 0.2) is 0 Å². The molecule has 2 N–H and O–H groups in total. The number of benzene rings is 1. The van der Waals surface area contributed by atoms with Crippen molar-refractivity contribution in [1.29, 1.82) is 0 Å². The molecule has 1 aromatic carbocycles. The zero-order chi connectivity index (χ0) is 15.4. The van der Waals surface area contributed by atoms with E-state index in [-0.39, 0.29) is 5.56 Å². The molecule has 0 saturated heterocycles. The second-order valence-corrected chi connectivity index (χ2v) is 5.98. The lowest BCUT2D eigenvalue weighted by Gasteiger charge is -2.06. The molecule has 0 aliphatic carbocycles. The molecule has 0 saturated carbocycles. The molecule has 21 heavy (non-hydrogen) atoms. The average Bonchev–Trinajstić information content (AvgIpc) is 2.84. The molecule has 2 aromatic rings. The summed E-state index contributed by atoms with van der Waals surface area (Å²) in [5.74, 6) is -1.32. The van der Waals surface area contributed by atoms with Crippen molar-refractivity contribution >= 4 is 40.3 Å². The number of nitrogens with one attached hydrogen (secondary N) is 1. The third-order valence-corrected chi connectivity index (χ3v) is 4.05. The van der Waals surface area contributed by atoms with Crippen LogP contribution in [0.2, 0.25) is 4.34 Å². The van der Waals surface area contributed by atoms with Gasteiger partial charge in [0.1, 0.15) is 5.56 Å². The van der Waals surface area contributed by atoms with Gasteiger partial charge in [-0.2, -0.15) is 0 Å². The van der Waals surface area contributed by atoms with E-state index >= 15 is 0 Å². The molecule has 110 valence electrons. The van der Waals surface area contributed by atoms with Crippen LogP contribution in [-0.2, 0) is 6.42 Å². The highest BCUT2D eigenvalue weighted by atomic mass is 35.5. The zero-order valence-corrected chi connectivity index (χ0v) is 12.3. The predicted molar refractivity (Wildman–Crippen MR) is 81.6 cm³/mol. The van der Waals surface area contributed by atoms with Gasteiger partial charge in [-0.15, -0.1) is 11.3 Å². The van der Waals surface area contributed by atoms with Gasteiger partial charge in [0.25, 0.3) is 5.69 Å². The van der Waals surface area contributed by atoms with E-state index in [0.717, 1.165) is 11.3 Å². The number of hydrogen-bond acceptors (Lipinski definition) is 5. The molecule has 0 atom stereocenters. The van der Waals surface area contributed by atoms with E-state index in [2.05, 4.69) is 5.32 Å². The second-order valence-electron chi connectivity index (χ2n) is 4.18. The first-order chi connectivity index (χ1) is 9.97. The Morgan fingerprint density at radius 1 is 1.38 bits per heavy atom. The van der Waals surface area contributed by atoms with Gasteiger partial charge < -0.3 is 10.4 Å². The van der Waals surface area contributed by atoms with Crippen molar-refractivity contribution in [2.45, 2.75) is 6.42 Å². The smallest absolute Gasteiger partial charge is 0.342 e. The number of thiophene rings is 1. The van der Waals surface area contributed by atoms with Crippen LogP contribution >= 0.6 is 22.9 Å². The van der Waals surface area contributed by atoms with Crippen LogP contribution in [-0.4, -0.2) is 22.5 Å². The number of carbonyl (C=O) groups is 1. The second kappa shape index (κ2) is 6.55. The Labute approximate surface area is 129 Å². The largest absolute Gasteiger partial charge is 0.477 e. The van der Waals surface area contributed by atoms with Crippen molar-refractivity contribution in [3.63, 3.8) is 0 Å². The lowest BCUT2D eigenvalue weighted by atomic mass is 10.1. The molecule has 2 rings (SSSR count). The molecule has 1 heterocycles. The highest BCUT2D eigenvalue weighted by Crippen LogP contribution is 2.24. The van der Waals surface area contributed by atoms with E-state index in [1.807, 2.05) is 12.1 Å². The molecule has 0 aliphatic rings. The number of carboxylic acid groups (broad SMARTS) is 1. The molecule has 0 amide bonds. The van der Waals surface area contributed by atoms with Gasteiger partial charge in [-0.3, -0.25) is 10.1 Å². The average molecular weight is 327 g/mol. The standard InChI is InChI=1S/C13H11ClN2O4S/c14-12-4-2-9(21-12)5-6-15-8-1-3-10(13(17)18)11(7-8)16(19)20/h1-4,7,15H,5-6H2,(H,17,18). The Balaban J connectivity index is 2.05. The first-order valence-electron chi connectivity index (χ1n) is 5.97. The van der Waals surface area contributed by atoms with Crippen LogP contribution in [0, 0.1) is 10.1 Å². The van der Waals surface area contributed by atoms with Gasteiger partial charge in [-0.05, 0) is 30.7 Å². The summed E-state index contributed by atoms with van der Waals surface area (Å²) >= 11 is 7.30. The number of carboxylic acids is 1. The van der Waals surface area contributed by atoms with Gasteiger partial charge in [0.05, 0.1) is 9.26 Å². The van der Waals surface area contributed by atoms with Crippen molar-refractivity contribution in [3.05, 3.63) is 55.2 Å². The third kappa shape index (κ3) is 3.93. The molecular weight excluding hydrogens is 316 g/mol. The molecule has 8 heteroatoms. The van der Waals surface area contributed by atoms with Gasteiger partial charge in [-0.1, -0.05) is 11.6 Å². The van der Waals surface area contributed by atoms with Crippen molar-refractivity contribution in [2.75, 3.05) is 11.9 Å². The summed E-state index contributed by atoms with van der Waals surface area (Å²) in [4.78, 5) is 22.2. The van der Waals surface area contributed by atoms with Crippen LogP contribution in [0.4, 0.5) is 11.4 Å². The van der Waals surface area contributed by atoms with Crippen molar-refractivity contribution in [2.24, 2.45) is 0 Å². The SMILES string of the molecule is O=C(O)c1ccc(NCCc2ccc(Cl)s2)cc1[N+](=O)[O-]. The molecule has 0 unspecified atom stereocenters. The zero-order valence-electron chi connectivity index (χ0n) is 10.7. The quantitative estimate of drug-likeness (QED) is 0.624. The topological polar surface area (TPSA) is 92.5 Å². The molecule has 6 nitrogen and oxygen atoms in total. The van der Waals surface area contributed by atoms with E-state index in [4.69, 9.17) is 16.7 Å². The first-order valence-corrected chi connectivity index (χ1v) is 7.16. The fraction of sp³-hybridized carbons (Fsp3) is 0.154. The van der Waals surface area contributed by atoms with E-state index < -0.39 is 16.6 Å². The number of anilines is 1. The van der Waals surface area contributed by atoms with Gasteiger partial charge in [0.2, 0.25) is 0 Å². The number of nitro groups is 1. The highest BCUT2D eigenvalue weighted by Gasteiger charge is 2.19. The maximum absolute atomic E-state index is 10.9. The summed E-state index contributed by atoms with van der Waals surface area (Å²) < 4.78 is 0.714. The number of hydrogen-bond donors (Lipinski definition) is 2. The first kappa shape index (κ1) is 15.3. The minimum Gasteiger partial charge on any atom is -0.477 e. The van der Waals surface area contributed by atoms with Crippen molar-refractivity contribution in [1.82, 2.24) is 0 Å². The van der Waals surface area contributed by atoms with Crippen LogP contribution in [0.3, 0.4) is 0 Å². The summed E-state index contributed by atoms with van der Waals surface area (Å²) in [6, 6.07) is 7.70. The maximum Gasteiger partial charge on any atom is 0.342 e. The van der Waals surface area contributed by atoms with E-state index in [1.165, 1.54) is 29.5 Å². The Hall–Kier alpha value is -2.12. The Kier molecular flexibility index (Phi) is 4.77. The molecule has 0 radical (unpaired) electrons. The number of nitro benzene ring substituents is 1. The van der Waals surface area contributed by atoms with Crippen molar-refractivity contribution < 1.29 is 14.8 Å². The lowest BCUT2D eigenvalue weighted by molar-refractivity contribution is -0.385. The van der Waals surface area contributed by atoms with Crippen LogP contribution in [0.15, 0.2) is 30.3 Å². The lowest BCUT2D eigenvalue weighted by Crippen LogP contribution is -2.07. The molecule has 0 fully saturated rings. The van der Waals surface area contributed by atoms with Gasteiger partial charge >= 0.3 is 5.97 Å². The number of halogens is 1. The maximum atomic E-state index is 10.9. The molecule has 0 spiro atoms. The van der Waals surface area contributed by atoms with E-state index in [9.17, 15) is 14.9 Å². The van der Waals surface area contributed by atoms with E-state index in [1.54, 1.807) is 0 Å². The van der Waals surface area contributed by atoms with Crippen LogP contribution in [0.25, 0.3) is 0 Å². The number of rotatable bonds is 6. The molecule has 0 bridgehead atoms. The minimum atomic E-state index is -1.32. The summed E-state index contributed by atoms with van der Waals surface area (Å²) in [6.45, 7) is 0.570. The Morgan fingerprint density at radius 3 is 2.71 bits per heavy atom. The molecule has 1 aromatic heterocycles. The minimum absolute atomic E-state index is 0.324. The summed E-state index contributed by atoms with van der Waals surface area (Å²) in [6.07, 6.45) is 0.728. The fourth-order valence-corrected chi connectivity index (χ4v) is 2.88. The summed E-state index contributed by atoms with van der Waals surface area (Å²) in [5, 5.41) is 22.8. The number of aromatic carboxylic acids is 1. The van der Waals surface area contributed by atoms with Crippen LogP contribution < -0.4 is 5.32 Å². The molecular formula is C13H11ClN2O4S. The molecule has 0 aliphatic heterocycles. The monoisotopic (exact) mass is 326 g/mol.